The topological polar surface area (TPSA) is 12.5 Å². The van der Waals surface area contributed by atoms with Crippen molar-refractivity contribution in [3.63, 3.8) is 0 Å². The van der Waals surface area contributed by atoms with Gasteiger partial charge in [-0.15, -0.1) is 0 Å². The predicted molar refractivity (Wildman–Crippen MR) is 50.9 cm³/mol. The number of ether oxygens (including phenoxy) is 1. The highest BCUT2D eigenvalue weighted by Gasteiger charge is 2.32. The number of fused-ring (bicyclic) bond motifs is 1. The fraction of sp³-hybridized carbons (Fsp3) is 0.250. The second kappa shape index (κ2) is 2.69. The molecule has 0 fully saturated rings. The summed E-state index contributed by atoms with van der Waals surface area (Å²) in [7, 11) is 0. The van der Waals surface area contributed by atoms with E-state index in [4.69, 9.17) is 39.5 Å². The van der Waals surface area contributed by atoms with E-state index in [2.05, 4.69) is 0 Å². The number of benzene rings is 1. The van der Waals surface area contributed by atoms with Gasteiger partial charge in [-0.05, 0) is 6.42 Å². The zero-order chi connectivity index (χ0) is 8.88. The Balaban J connectivity index is 2.70. The lowest BCUT2D eigenvalue weighted by Gasteiger charge is -1.99. The van der Waals surface area contributed by atoms with Gasteiger partial charge in [0.25, 0.3) is 0 Å². The number of hydrogen-bond acceptors (Lipinski definition) is 1. The molecule has 0 bridgehead atoms. The average Bonchev–Trinajstić information content (AvgIpc) is 2.81. The second-order valence-corrected chi connectivity index (χ2v) is 3.67. The summed E-state index contributed by atoms with van der Waals surface area (Å²) in [6.07, 6.45) is 0.804. The molecule has 0 spiro atoms. The molecule has 0 atom stereocenters. The van der Waals surface area contributed by atoms with Gasteiger partial charge in [0.2, 0.25) is 0 Å². The molecule has 0 aliphatic carbocycles. The van der Waals surface area contributed by atoms with Crippen LogP contribution >= 0.6 is 34.8 Å². The summed E-state index contributed by atoms with van der Waals surface area (Å²) < 4.78 is 5.15. The average molecular weight is 223 g/mol. The van der Waals surface area contributed by atoms with Gasteiger partial charge < -0.3 is 4.74 Å². The van der Waals surface area contributed by atoms with Gasteiger partial charge in [-0.25, -0.2) is 0 Å². The highest BCUT2D eigenvalue weighted by atomic mass is 35.5. The summed E-state index contributed by atoms with van der Waals surface area (Å²) in [5.74, 6) is 1.49. The Hall–Kier alpha value is -0.110. The zero-order valence-electron chi connectivity index (χ0n) is 6.25. The van der Waals surface area contributed by atoms with E-state index in [0.717, 1.165) is 17.7 Å². The molecule has 0 radical (unpaired) electrons. The lowest BCUT2D eigenvalue weighted by molar-refractivity contribution is 0.644. The van der Waals surface area contributed by atoms with Gasteiger partial charge >= 0.3 is 0 Å². The van der Waals surface area contributed by atoms with Crippen molar-refractivity contribution in [3.8, 4) is 11.5 Å². The summed E-state index contributed by atoms with van der Waals surface area (Å²) >= 11 is 17.6. The van der Waals surface area contributed by atoms with E-state index in [-0.39, 0.29) is 0 Å². The first-order valence-electron chi connectivity index (χ1n) is 3.54. The lowest BCUT2D eigenvalue weighted by atomic mass is 10.2. The molecule has 1 aliphatic rings. The van der Waals surface area contributed by atoms with Crippen LogP contribution in [0.2, 0.25) is 15.1 Å². The van der Waals surface area contributed by atoms with E-state index in [9.17, 15) is 0 Å². The number of rotatable bonds is 1. The minimum absolute atomic E-state index is 0.395. The van der Waals surface area contributed by atoms with Crippen LogP contribution in [0.5, 0.6) is 11.5 Å². The van der Waals surface area contributed by atoms with E-state index in [0.29, 0.717) is 20.8 Å². The molecule has 0 saturated heterocycles. The number of halogens is 3. The molecule has 1 aliphatic heterocycles. The van der Waals surface area contributed by atoms with Gasteiger partial charge in [-0.2, -0.15) is 0 Å². The normalized spacial score (nSPS) is 12.3. The Kier molecular flexibility index (Phi) is 1.90. The predicted octanol–water partition coefficient (Wildman–Crippen LogP) is 4.31. The molecule has 0 N–H and O–H groups in total. The van der Waals surface area contributed by atoms with Gasteiger partial charge in [0.15, 0.2) is 11.5 Å². The van der Waals surface area contributed by atoms with Crippen molar-refractivity contribution in [1.29, 1.82) is 0 Å². The van der Waals surface area contributed by atoms with Crippen molar-refractivity contribution in [1.82, 2.24) is 0 Å². The first-order valence-corrected chi connectivity index (χ1v) is 4.67. The fourth-order valence-corrected chi connectivity index (χ4v) is 1.94. The van der Waals surface area contributed by atoms with Crippen LogP contribution < -0.4 is 4.74 Å². The molecular weight excluding hydrogens is 218 g/mol. The van der Waals surface area contributed by atoms with E-state index >= 15 is 0 Å². The molecule has 1 aromatic carbocycles. The Bertz CT molecular complexity index is 360. The quantitative estimate of drug-likeness (QED) is 0.518. The molecular formula is C8H5Cl3O. The molecule has 2 rings (SSSR count). The molecule has 0 saturated carbocycles. The third-order valence-electron chi connectivity index (χ3n) is 1.85. The summed E-state index contributed by atoms with van der Waals surface area (Å²) in [6.45, 7) is 1.99. The van der Waals surface area contributed by atoms with Crippen LogP contribution in [0.1, 0.15) is 12.5 Å². The van der Waals surface area contributed by atoms with Crippen molar-refractivity contribution in [2.75, 3.05) is 0 Å². The van der Waals surface area contributed by atoms with Crippen molar-refractivity contribution in [3.05, 3.63) is 20.6 Å². The maximum absolute atomic E-state index is 5.94. The second-order valence-electron chi connectivity index (χ2n) is 2.53. The van der Waals surface area contributed by atoms with Gasteiger partial charge in [0.05, 0.1) is 10.0 Å². The first-order chi connectivity index (χ1) is 5.66. The van der Waals surface area contributed by atoms with Crippen LogP contribution in [0.4, 0.5) is 0 Å². The van der Waals surface area contributed by atoms with Gasteiger partial charge in [0.1, 0.15) is 5.02 Å². The standard InChI is InChI=1S/C8H5Cl3O/c1-2-3-4(9)5(10)6(11)8-7(3)12-8/h2H2,1H3. The fourth-order valence-electron chi connectivity index (χ4n) is 1.16. The third kappa shape index (κ3) is 1.00. The maximum Gasteiger partial charge on any atom is 0.190 e. The van der Waals surface area contributed by atoms with Crippen molar-refractivity contribution < 1.29 is 4.74 Å². The van der Waals surface area contributed by atoms with Crippen molar-refractivity contribution >= 4 is 34.8 Å². The summed E-state index contributed by atoms with van der Waals surface area (Å²) in [4.78, 5) is 0. The molecule has 1 heterocycles. The van der Waals surface area contributed by atoms with Crippen LogP contribution in [-0.4, -0.2) is 0 Å². The Morgan fingerprint density at radius 2 is 1.67 bits per heavy atom. The summed E-state index contributed by atoms with van der Waals surface area (Å²) in [6, 6.07) is 0. The molecule has 0 unspecified atom stereocenters. The molecule has 0 amide bonds. The lowest BCUT2D eigenvalue weighted by Crippen LogP contribution is -1.78. The molecule has 64 valence electrons. The Labute approximate surface area is 85.2 Å². The smallest absolute Gasteiger partial charge is 0.190 e. The minimum Gasteiger partial charge on any atom is -0.447 e. The molecule has 12 heavy (non-hydrogen) atoms. The van der Waals surface area contributed by atoms with Gasteiger partial charge in [0, 0.05) is 5.56 Å². The number of hydrogen-bond donors (Lipinski definition) is 0. The highest BCUT2D eigenvalue weighted by molar-refractivity contribution is 6.49. The maximum atomic E-state index is 5.94. The molecule has 4 heteroatoms. The first kappa shape index (κ1) is 8.49. The molecule has 1 aromatic rings. The monoisotopic (exact) mass is 222 g/mol. The van der Waals surface area contributed by atoms with Crippen LogP contribution in [0.25, 0.3) is 0 Å². The van der Waals surface area contributed by atoms with E-state index in [1.165, 1.54) is 0 Å². The third-order valence-corrected chi connectivity index (χ3v) is 3.20. The van der Waals surface area contributed by atoms with Crippen LogP contribution in [0, 0.1) is 0 Å². The largest absolute Gasteiger partial charge is 0.447 e. The molecule has 0 aromatic heterocycles. The van der Waals surface area contributed by atoms with E-state index in [1.807, 2.05) is 6.92 Å². The van der Waals surface area contributed by atoms with Crippen molar-refractivity contribution in [2.24, 2.45) is 0 Å². The van der Waals surface area contributed by atoms with Crippen LogP contribution in [-0.2, 0) is 6.42 Å². The SMILES string of the molecule is CCc1c(Cl)c(Cl)c(Cl)c2c1O2. The zero-order valence-corrected chi connectivity index (χ0v) is 8.52. The Morgan fingerprint density at radius 3 is 2.25 bits per heavy atom. The summed E-state index contributed by atoms with van der Waals surface area (Å²) in [5.41, 5.74) is 0.945. The van der Waals surface area contributed by atoms with Crippen molar-refractivity contribution in [2.45, 2.75) is 13.3 Å². The Morgan fingerprint density at radius 1 is 1.00 bits per heavy atom. The molecule has 1 nitrogen and oxygen atoms in total. The highest BCUT2D eigenvalue weighted by Crippen LogP contribution is 2.58. The van der Waals surface area contributed by atoms with E-state index in [1.54, 1.807) is 0 Å². The van der Waals surface area contributed by atoms with E-state index < -0.39 is 0 Å². The summed E-state index contributed by atoms with van der Waals surface area (Å²) in [5, 5.41) is 1.33. The van der Waals surface area contributed by atoms with Gasteiger partial charge in [-0.1, -0.05) is 41.7 Å². The van der Waals surface area contributed by atoms with Crippen LogP contribution in [0.3, 0.4) is 0 Å². The minimum atomic E-state index is 0.395. The van der Waals surface area contributed by atoms with Gasteiger partial charge in [-0.3, -0.25) is 0 Å². The van der Waals surface area contributed by atoms with Crippen LogP contribution in [0.15, 0.2) is 0 Å².